The van der Waals surface area contributed by atoms with Crippen molar-refractivity contribution in [2.75, 3.05) is 5.43 Å². The predicted molar refractivity (Wildman–Crippen MR) is 71.9 cm³/mol. The van der Waals surface area contributed by atoms with Crippen LogP contribution in [-0.4, -0.2) is 15.0 Å². The van der Waals surface area contributed by atoms with Gasteiger partial charge in [0, 0.05) is 17.5 Å². The summed E-state index contributed by atoms with van der Waals surface area (Å²) in [7, 11) is 0. The van der Waals surface area contributed by atoms with Gasteiger partial charge in [-0.1, -0.05) is 13.0 Å². The predicted octanol–water partition coefficient (Wildman–Crippen LogP) is 2.00. The highest BCUT2D eigenvalue weighted by atomic mass is 15.3. The van der Waals surface area contributed by atoms with E-state index < -0.39 is 0 Å². The molecular weight excluding hydrogens is 226 g/mol. The van der Waals surface area contributed by atoms with E-state index in [-0.39, 0.29) is 0 Å². The summed E-state index contributed by atoms with van der Waals surface area (Å²) in [6.07, 6.45) is 2.65. The van der Waals surface area contributed by atoms with Crippen LogP contribution in [0.2, 0.25) is 0 Å². The molecule has 0 spiro atoms. The lowest BCUT2D eigenvalue weighted by molar-refractivity contribution is 1.02. The Morgan fingerprint density at radius 2 is 2.06 bits per heavy atom. The van der Waals surface area contributed by atoms with Gasteiger partial charge in [0.1, 0.15) is 11.5 Å². The number of aromatic nitrogens is 3. The molecule has 0 aliphatic carbocycles. The molecule has 94 valence electrons. The van der Waals surface area contributed by atoms with Crippen molar-refractivity contribution in [3.63, 3.8) is 0 Å². The van der Waals surface area contributed by atoms with Gasteiger partial charge in [-0.3, -0.25) is 4.98 Å². The smallest absolute Gasteiger partial charge is 0.180 e. The number of anilines is 1. The number of nitrogen functional groups attached to an aromatic ring is 1. The van der Waals surface area contributed by atoms with Crippen molar-refractivity contribution in [3.05, 3.63) is 35.2 Å². The second kappa shape index (κ2) is 5.10. The molecule has 0 aliphatic heterocycles. The Balaban J connectivity index is 2.61. The van der Waals surface area contributed by atoms with Crippen molar-refractivity contribution >= 4 is 5.82 Å². The van der Waals surface area contributed by atoms with Gasteiger partial charge in [-0.25, -0.2) is 15.8 Å². The summed E-state index contributed by atoms with van der Waals surface area (Å²) < 4.78 is 0. The van der Waals surface area contributed by atoms with E-state index >= 15 is 0 Å². The molecule has 0 bridgehead atoms. The van der Waals surface area contributed by atoms with Gasteiger partial charge in [-0.05, 0) is 31.9 Å². The zero-order valence-electron chi connectivity index (χ0n) is 10.9. The first-order chi connectivity index (χ1) is 8.67. The minimum Gasteiger partial charge on any atom is -0.308 e. The van der Waals surface area contributed by atoms with Crippen molar-refractivity contribution < 1.29 is 0 Å². The average molecular weight is 243 g/mol. The first-order valence-corrected chi connectivity index (χ1v) is 5.93. The molecule has 2 aromatic heterocycles. The van der Waals surface area contributed by atoms with Crippen LogP contribution in [0, 0.1) is 13.8 Å². The number of hydrogen-bond acceptors (Lipinski definition) is 5. The van der Waals surface area contributed by atoms with E-state index in [0.717, 1.165) is 28.9 Å². The van der Waals surface area contributed by atoms with Crippen molar-refractivity contribution in [1.82, 2.24) is 15.0 Å². The van der Waals surface area contributed by atoms with E-state index in [9.17, 15) is 0 Å². The molecule has 2 aromatic rings. The van der Waals surface area contributed by atoms with E-state index in [1.165, 1.54) is 0 Å². The van der Waals surface area contributed by atoms with Gasteiger partial charge in [-0.2, -0.15) is 0 Å². The summed E-state index contributed by atoms with van der Waals surface area (Å²) in [6, 6.07) is 3.96. The van der Waals surface area contributed by atoms with Crippen LogP contribution in [0.1, 0.15) is 23.7 Å². The van der Waals surface area contributed by atoms with E-state index in [0.29, 0.717) is 11.6 Å². The molecule has 0 unspecified atom stereocenters. The zero-order chi connectivity index (χ0) is 13.1. The van der Waals surface area contributed by atoms with Crippen LogP contribution in [0.3, 0.4) is 0 Å². The van der Waals surface area contributed by atoms with Crippen molar-refractivity contribution in [3.8, 4) is 11.5 Å². The molecule has 0 radical (unpaired) electrons. The van der Waals surface area contributed by atoms with Crippen molar-refractivity contribution in [2.45, 2.75) is 27.2 Å². The molecule has 5 nitrogen and oxygen atoms in total. The highest BCUT2D eigenvalue weighted by Gasteiger charge is 2.12. The SMILES string of the molecule is CCc1cccnc1-c1nc(C)c(C)c(NN)n1. The van der Waals surface area contributed by atoms with Crippen LogP contribution < -0.4 is 11.3 Å². The number of rotatable bonds is 3. The number of nitrogens with zero attached hydrogens (tertiary/aromatic N) is 3. The van der Waals surface area contributed by atoms with Crippen molar-refractivity contribution in [1.29, 1.82) is 0 Å². The van der Waals surface area contributed by atoms with Gasteiger partial charge in [0.05, 0.1) is 0 Å². The quantitative estimate of drug-likeness (QED) is 0.637. The molecule has 5 heteroatoms. The summed E-state index contributed by atoms with van der Waals surface area (Å²) >= 11 is 0. The molecule has 0 aliphatic rings. The lowest BCUT2D eigenvalue weighted by atomic mass is 10.1. The third-order valence-electron chi connectivity index (χ3n) is 3.01. The second-order valence-electron chi connectivity index (χ2n) is 4.12. The average Bonchev–Trinajstić information content (AvgIpc) is 2.41. The van der Waals surface area contributed by atoms with E-state index in [1.807, 2.05) is 26.0 Å². The topological polar surface area (TPSA) is 76.7 Å². The van der Waals surface area contributed by atoms with Gasteiger partial charge in [0.15, 0.2) is 5.82 Å². The molecule has 0 fully saturated rings. The maximum Gasteiger partial charge on any atom is 0.180 e. The fourth-order valence-electron chi connectivity index (χ4n) is 1.80. The number of nitrogens with one attached hydrogen (secondary N) is 1. The lowest BCUT2D eigenvalue weighted by Gasteiger charge is -2.10. The summed E-state index contributed by atoms with van der Waals surface area (Å²) in [6.45, 7) is 5.97. The monoisotopic (exact) mass is 243 g/mol. The zero-order valence-corrected chi connectivity index (χ0v) is 10.9. The molecule has 0 aromatic carbocycles. The minimum atomic E-state index is 0.614. The van der Waals surface area contributed by atoms with Gasteiger partial charge in [0.25, 0.3) is 0 Å². The summed E-state index contributed by atoms with van der Waals surface area (Å²) in [5.41, 5.74) is 6.41. The van der Waals surface area contributed by atoms with Crippen LogP contribution in [0.4, 0.5) is 5.82 Å². The van der Waals surface area contributed by atoms with Crippen LogP contribution in [0.5, 0.6) is 0 Å². The van der Waals surface area contributed by atoms with Crippen LogP contribution in [-0.2, 0) is 6.42 Å². The molecule has 0 saturated carbocycles. The molecule has 0 saturated heterocycles. The van der Waals surface area contributed by atoms with Crippen LogP contribution >= 0.6 is 0 Å². The van der Waals surface area contributed by atoms with Crippen LogP contribution in [0.25, 0.3) is 11.5 Å². The third kappa shape index (κ3) is 2.17. The van der Waals surface area contributed by atoms with Crippen LogP contribution in [0.15, 0.2) is 18.3 Å². The third-order valence-corrected chi connectivity index (χ3v) is 3.01. The highest BCUT2D eigenvalue weighted by Crippen LogP contribution is 2.22. The summed E-state index contributed by atoms with van der Waals surface area (Å²) in [4.78, 5) is 13.3. The first kappa shape index (κ1) is 12.4. The Hall–Kier alpha value is -2.01. The maximum absolute atomic E-state index is 5.48. The highest BCUT2D eigenvalue weighted by molar-refractivity contribution is 5.59. The normalized spacial score (nSPS) is 10.4. The Labute approximate surface area is 106 Å². The number of hydrogen-bond donors (Lipinski definition) is 2. The van der Waals surface area contributed by atoms with Gasteiger partial charge >= 0.3 is 0 Å². The Morgan fingerprint density at radius 3 is 2.72 bits per heavy atom. The number of aryl methyl sites for hydroxylation is 2. The molecule has 18 heavy (non-hydrogen) atoms. The molecule has 2 heterocycles. The standard InChI is InChI=1S/C13H17N5/c1-4-10-6-5-7-15-11(10)13-16-9(3)8(2)12(17-13)18-14/h5-7H,4,14H2,1-3H3,(H,16,17,18). The van der Waals surface area contributed by atoms with Gasteiger partial charge in [0.2, 0.25) is 0 Å². The van der Waals surface area contributed by atoms with E-state index in [1.54, 1.807) is 6.20 Å². The Kier molecular flexibility index (Phi) is 3.53. The summed E-state index contributed by atoms with van der Waals surface area (Å²) in [5.74, 6) is 6.73. The Morgan fingerprint density at radius 1 is 1.28 bits per heavy atom. The molecule has 2 rings (SSSR count). The van der Waals surface area contributed by atoms with E-state index in [2.05, 4.69) is 27.3 Å². The number of nitrogens with two attached hydrogens (primary N) is 1. The van der Waals surface area contributed by atoms with Gasteiger partial charge < -0.3 is 5.43 Å². The molecule has 0 amide bonds. The Bertz CT molecular complexity index is 565. The van der Waals surface area contributed by atoms with Crippen molar-refractivity contribution in [2.24, 2.45) is 5.84 Å². The fraction of sp³-hybridized carbons (Fsp3) is 0.308. The molecule has 0 atom stereocenters. The van der Waals surface area contributed by atoms with E-state index in [4.69, 9.17) is 5.84 Å². The maximum atomic E-state index is 5.48. The molecular formula is C13H17N5. The largest absolute Gasteiger partial charge is 0.308 e. The first-order valence-electron chi connectivity index (χ1n) is 5.93. The minimum absolute atomic E-state index is 0.614. The number of pyridine rings is 1. The summed E-state index contributed by atoms with van der Waals surface area (Å²) in [5, 5.41) is 0. The second-order valence-corrected chi connectivity index (χ2v) is 4.12. The lowest BCUT2D eigenvalue weighted by Crippen LogP contribution is -2.13. The number of hydrazine groups is 1. The molecule has 3 N–H and O–H groups in total. The fourth-order valence-corrected chi connectivity index (χ4v) is 1.80. The van der Waals surface area contributed by atoms with Gasteiger partial charge in [-0.15, -0.1) is 0 Å².